The summed E-state index contributed by atoms with van der Waals surface area (Å²) in [4.78, 5) is 28.5. The fraction of sp³-hybridized carbons (Fsp3) is 0.214. The number of nitrogens with zero attached hydrogens (tertiary/aromatic N) is 1. The zero-order chi connectivity index (χ0) is 25.2. The SMILES string of the molecule is C=CCNC(=O)C(c1ccccc1)N(Cc1ccc(F)cc1)C(=O)Cc1ccc(OC)c(OC)c1. The van der Waals surface area contributed by atoms with Crippen LogP contribution in [0.3, 0.4) is 0 Å². The number of methoxy groups -OCH3 is 2. The van der Waals surface area contributed by atoms with Gasteiger partial charge in [0.05, 0.1) is 20.6 Å². The molecule has 3 aromatic rings. The standard InChI is InChI=1S/C28H29FN2O4/c1-4-16-30-28(33)27(22-8-6-5-7-9-22)31(19-20-10-13-23(29)14-11-20)26(32)18-21-12-15-24(34-2)25(17-21)35-3/h4-15,17,27H,1,16,18-19H2,2-3H3,(H,30,33). The lowest BCUT2D eigenvalue weighted by molar-refractivity contribution is -0.141. The summed E-state index contributed by atoms with van der Waals surface area (Å²) in [6.45, 7) is 4.03. The van der Waals surface area contributed by atoms with E-state index in [1.807, 2.05) is 18.2 Å². The highest BCUT2D eigenvalue weighted by molar-refractivity contribution is 5.89. The molecule has 1 atom stereocenters. The average molecular weight is 477 g/mol. The molecule has 1 unspecified atom stereocenters. The molecule has 1 N–H and O–H groups in total. The summed E-state index contributed by atoms with van der Waals surface area (Å²) in [6.07, 6.45) is 1.61. The van der Waals surface area contributed by atoms with Crippen molar-refractivity contribution in [3.63, 3.8) is 0 Å². The number of rotatable bonds is 11. The summed E-state index contributed by atoms with van der Waals surface area (Å²) in [5.74, 6) is 0.0763. The monoisotopic (exact) mass is 476 g/mol. The average Bonchev–Trinajstić information content (AvgIpc) is 2.88. The molecular weight excluding hydrogens is 447 g/mol. The molecule has 0 aromatic heterocycles. The molecule has 0 bridgehead atoms. The third-order valence-electron chi connectivity index (χ3n) is 5.49. The zero-order valence-electron chi connectivity index (χ0n) is 19.9. The van der Waals surface area contributed by atoms with E-state index >= 15 is 0 Å². The number of nitrogens with one attached hydrogen (secondary N) is 1. The summed E-state index contributed by atoms with van der Waals surface area (Å²) < 4.78 is 24.2. The number of halogens is 1. The van der Waals surface area contributed by atoms with E-state index in [0.29, 0.717) is 28.2 Å². The second kappa shape index (κ2) is 12.4. The maximum absolute atomic E-state index is 13.7. The van der Waals surface area contributed by atoms with Crippen molar-refractivity contribution in [3.8, 4) is 11.5 Å². The van der Waals surface area contributed by atoms with E-state index < -0.39 is 6.04 Å². The molecule has 2 amide bonds. The molecule has 0 spiro atoms. The van der Waals surface area contributed by atoms with Gasteiger partial charge >= 0.3 is 0 Å². The van der Waals surface area contributed by atoms with E-state index in [2.05, 4.69) is 11.9 Å². The van der Waals surface area contributed by atoms with Crippen LogP contribution in [0.2, 0.25) is 0 Å². The summed E-state index contributed by atoms with van der Waals surface area (Å²) >= 11 is 0. The Hall–Kier alpha value is -4.13. The van der Waals surface area contributed by atoms with Crippen molar-refractivity contribution in [2.24, 2.45) is 0 Å². The van der Waals surface area contributed by atoms with Gasteiger partial charge in [0.15, 0.2) is 11.5 Å². The molecule has 0 saturated carbocycles. The minimum absolute atomic E-state index is 0.0274. The molecule has 7 heteroatoms. The fourth-order valence-corrected chi connectivity index (χ4v) is 3.75. The van der Waals surface area contributed by atoms with Crippen LogP contribution in [-0.2, 0) is 22.6 Å². The first-order valence-electron chi connectivity index (χ1n) is 11.1. The first-order chi connectivity index (χ1) is 17.0. The predicted molar refractivity (Wildman–Crippen MR) is 133 cm³/mol. The van der Waals surface area contributed by atoms with Gasteiger partial charge in [-0.15, -0.1) is 6.58 Å². The van der Waals surface area contributed by atoms with Gasteiger partial charge in [-0.2, -0.15) is 0 Å². The van der Waals surface area contributed by atoms with E-state index in [4.69, 9.17) is 9.47 Å². The Bertz CT molecular complexity index is 1150. The fourth-order valence-electron chi connectivity index (χ4n) is 3.75. The van der Waals surface area contributed by atoms with Crippen molar-refractivity contribution < 1.29 is 23.5 Å². The van der Waals surface area contributed by atoms with E-state index in [-0.39, 0.29) is 37.1 Å². The van der Waals surface area contributed by atoms with Crippen molar-refractivity contribution in [2.75, 3.05) is 20.8 Å². The van der Waals surface area contributed by atoms with Crippen molar-refractivity contribution in [1.29, 1.82) is 0 Å². The van der Waals surface area contributed by atoms with Gasteiger partial charge in [0.25, 0.3) is 0 Å². The Morgan fingerprint density at radius 2 is 1.63 bits per heavy atom. The lowest BCUT2D eigenvalue weighted by atomic mass is 10.0. The third-order valence-corrected chi connectivity index (χ3v) is 5.49. The Morgan fingerprint density at radius 3 is 2.26 bits per heavy atom. The van der Waals surface area contributed by atoms with Gasteiger partial charge in [-0.1, -0.05) is 54.6 Å². The molecule has 0 fully saturated rings. The number of carbonyl (C=O) groups excluding carboxylic acids is 2. The highest BCUT2D eigenvalue weighted by Gasteiger charge is 2.31. The number of hydrogen-bond donors (Lipinski definition) is 1. The minimum Gasteiger partial charge on any atom is -0.493 e. The maximum atomic E-state index is 13.7. The molecule has 3 rings (SSSR count). The number of hydrogen-bond acceptors (Lipinski definition) is 4. The van der Waals surface area contributed by atoms with Crippen molar-refractivity contribution in [1.82, 2.24) is 10.2 Å². The lowest BCUT2D eigenvalue weighted by Crippen LogP contribution is -2.44. The number of benzene rings is 3. The van der Waals surface area contributed by atoms with Crippen LogP contribution in [0, 0.1) is 5.82 Å². The molecule has 0 radical (unpaired) electrons. The second-order valence-electron chi connectivity index (χ2n) is 7.86. The normalized spacial score (nSPS) is 11.3. The molecule has 3 aromatic carbocycles. The van der Waals surface area contributed by atoms with Gasteiger partial charge in [0, 0.05) is 13.1 Å². The molecule has 182 valence electrons. The molecule has 0 heterocycles. The third kappa shape index (κ3) is 6.69. The largest absolute Gasteiger partial charge is 0.493 e. The van der Waals surface area contributed by atoms with Gasteiger partial charge in [-0.3, -0.25) is 9.59 Å². The Kier molecular flexibility index (Phi) is 9.01. The molecular formula is C28H29FN2O4. The molecule has 0 aliphatic rings. The summed E-state index contributed by atoms with van der Waals surface area (Å²) in [5.41, 5.74) is 2.07. The number of amides is 2. The minimum atomic E-state index is -0.895. The van der Waals surface area contributed by atoms with Gasteiger partial charge in [0.1, 0.15) is 11.9 Å². The van der Waals surface area contributed by atoms with Crippen LogP contribution >= 0.6 is 0 Å². The number of ether oxygens (including phenoxy) is 2. The second-order valence-corrected chi connectivity index (χ2v) is 7.86. The van der Waals surface area contributed by atoms with Crippen LogP contribution in [0.5, 0.6) is 11.5 Å². The molecule has 0 aliphatic heterocycles. The smallest absolute Gasteiger partial charge is 0.247 e. The highest BCUT2D eigenvalue weighted by atomic mass is 19.1. The van der Waals surface area contributed by atoms with E-state index in [0.717, 1.165) is 0 Å². The Balaban J connectivity index is 2.00. The molecule has 35 heavy (non-hydrogen) atoms. The Morgan fingerprint density at radius 1 is 0.971 bits per heavy atom. The first-order valence-corrected chi connectivity index (χ1v) is 11.1. The topological polar surface area (TPSA) is 67.9 Å². The quantitative estimate of drug-likeness (QED) is 0.415. The van der Waals surface area contributed by atoms with Crippen molar-refractivity contribution in [2.45, 2.75) is 19.0 Å². The molecule has 0 aliphatic carbocycles. The van der Waals surface area contributed by atoms with Crippen LogP contribution in [0.1, 0.15) is 22.7 Å². The van der Waals surface area contributed by atoms with Gasteiger partial charge in [-0.25, -0.2) is 4.39 Å². The highest BCUT2D eigenvalue weighted by Crippen LogP contribution is 2.29. The predicted octanol–water partition coefficient (Wildman–Crippen LogP) is 4.46. The van der Waals surface area contributed by atoms with Crippen LogP contribution in [-0.4, -0.2) is 37.5 Å². The van der Waals surface area contributed by atoms with Gasteiger partial charge < -0.3 is 19.7 Å². The van der Waals surface area contributed by atoms with Crippen LogP contribution < -0.4 is 14.8 Å². The summed E-state index contributed by atoms with van der Waals surface area (Å²) in [6, 6.07) is 19.3. The first kappa shape index (κ1) is 25.5. The van der Waals surface area contributed by atoms with E-state index in [9.17, 15) is 14.0 Å². The maximum Gasteiger partial charge on any atom is 0.247 e. The van der Waals surface area contributed by atoms with Crippen LogP contribution in [0.25, 0.3) is 0 Å². The van der Waals surface area contributed by atoms with Crippen molar-refractivity contribution >= 4 is 11.8 Å². The van der Waals surface area contributed by atoms with E-state index in [1.54, 1.807) is 55.7 Å². The molecule has 0 saturated heterocycles. The van der Waals surface area contributed by atoms with Gasteiger partial charge in [0.2, 0.25) is 11.8 Å². The van der Waals surface area contributed by atoms with E-state index in [1.165, 1.54) is 24.1 Å². The zero-order valence-corrected chi connectivity index (χ0v) is 19.9. The molecule has 6 nitrogen and oxygen atoms in total. The Labute approximate surface area is 205 Å². The van der Waals surface area contributed by atoms with Crippen LogP contribution in [0.15, 0.2) is 85.5 Å². The van der Waals surface area contributed by atoms with Gasteiger partial charge in [-0.05, 0) is 41.0 Å². The summed E-state index contributed by atoms with van der Waals surface area (Å²) in [7, 11) is 3.07. The van der Waals surface area contributed by atoms with Crippen LogP contribution in [0.4, 0.5) is 4.39 Å². The number of carbonyl (C=O) groups is 2. The summed E-state index contributed by atoms with van der Waals surface area (Å²) in [5, 5.41) is 2.81. The lowest BCUT2D eigenvalue weighted by Gasteiger charge is -2.31. The van der Waals surface area contributed by atoms with Crippen molar-refractivity contribution in [3.05, 3.63) is 108 Å².